The SMILES string of the molecule is O=C(Nc1nnc(C2CC2)s1)c1ccccc1S(=O)(=O)N1CCOCC1. The van der Waals surface area contributed by atoms with Crippen LogP contribution in [0.1, 0.15) is 34.1 Å². The Morgan fingerprint density at radius 1 is 1.19 bits per heavy atom. The van der Waals surface area contributed by atoms with Gasteiger partial charge >= 0.3 is 0 Å². The molecule has 1 amide bonds. The summed E-state index contributed by atoms with van der Waals surface area (Å²) in [5.74, 6) is -0.0527. The summed E-state index contributed by atoms with van der Waals surface area (Å²) in [5.41, 5.74) is 0.0992. The summed E-state index contributed by atoms with van der Waals surface area (Å²) in [6.45, 7) is 1.25. The molecule has 138 valence electrons. The fourth-order valence-electron chi connectivity index (χ4n) is 2.75. The van der Waals surface area contributed by atoms with Crippen LogP contribution in [0.15, 0.2) is 29.2 Å². The van der Waals surface area contributed by atoms with Crippen molar-refractivity contribution in [3.63, 3.8) is 0 Å². The van der Waals surface area contributed by atoms with Crippen LogP contribution < -0.4 is 5.32 Å². The maximum Gasteiger partial charge on any atom is 0.258 e. The predicted molar refractivity (Wildman–Crippen MR) is 95.9 cm³/mol. The van der Waals surface area contributed by atoms with Gasteiger partial charge in [-0.1, -0.05) is 23.5 Å². The van der Waals surface area contributed by atoms with Crippen molar-refractivity contribution in [2.75, 3.05) is 31.6 Å². The van der Waals surface area contributed by atoms with Gasteiger partial charge in [-0.15, -0.1) is 10.2 Å². The van der Waals surface area contributed by atoms with Gasteiger partial charge in [0.05, 0.1) is 23.7 Å². The van der Waals surface area contributed by atoms with Gasteiger partial charge in [0.25, 0.3) is 5.91 Å². The molecule has 2 heterocycles. The molecule has 1 aromatic carbocycles. The van der Waals surface area contributed by atoms with Gasteiger partial charge in [-0.2, -0.15) is 4.31 Å². The number of sulfonamides is 1. The lowest BCUT2D eigenvalue weighted by Crippen LogP contribution is -2.41. The first-order valence-electron chi connectivity index (χ1n) is 8.37. The third-order valence-corrected chi connectivity index (χ3v) is 7.27. The second-order valence-corrected chi connectivity index (χ2v) is 9.10. The Hall–Kier alpha value is -1.88. The van der Waals surface area contributed by atoms with Crippen molar-refractivity contribution >= 4 is 32.4 Å². The third kappa shape index (κ3) is 3.50. The molecule has 2 aromatic rings. The summed E-state index contributed by atoms with van der Waals surface area (Å²) in [6, 6.07) is 6.21. The highest BCUT2D eigenvalue weighted by atomic mass is 32.2. The van der Waals surface area contributed by atoms with E-state index >= 15 is 0 Å². The number of carbonyl (C=O) groups is 1. The molecule has 0 radical (unpaired) electrons. The van der Waals surface area contributed by atoms with Crippen molar-refractivity contribution in [2.24, 2.45) is 0 Å². The number of rotatable bonds is 5. The van der Waals surface area contributed by atoms with Gasteiger partial charge in [-0.3, -0.25) is 10.1 Å². The Labute approximate surface area is 155 Å². The molecule has 2 aliphatic rings. The normalized spacial score (nSPS) is 18.6. The molecule has 1 aromatic heterocycles. The smallest absolute Gasteiger partial charge is 0.258 e. The number of amides is 1. The molecular weight excluding hydrogens is 376 g/mol. The van der Waals surface area contributed by atoms with Gasteiger partial charge in [0, 0.05) is 19.0 Å². The van der Waals surface area contributed by atoms with Gasteiger partial charge in [0.1, 0.15) is 5.01 Å². The van der Waals surface area contributed by atoms with Crippen LogP contribution in [0.3, 0.4) is 0 Å². The maximum atomic E-state index is 12.9. The van der Waals surface area contributed by atoms with Gasteiger partial charge in [-0.05, 0) is 25.0 Å². The second kappa shape index (κ2) is 7.03. The summed E-state index contributed by atoms with van der Waals surface area (Å²) in [5, 5.41) is 12.0. The molecule has 1 aliphatic heterocycles. The second-order valence-electron chi connectivity index (χ2n) is 6.19. The minimum absolute atomic E-state index is 0.00803. The van der Waals surface area contributed by atoms with Crippen LogP contribution in [0.4, 0.5) is 5.13 Å². The van der Waals surface area contributed by atoms with Gasteiger partial charge in [-0.25, -0.2) is 8.42 Å². The van der Waals surface area contributed by atoms with Crippen molar-refractivity contribution in [3.05, 3.63) is 34.8 Å². The first-order valence-corrected chi connectivity index (χ1v) is 10.6. The predicted octanol–water partition coefficient (Wildman–Crippen LogP) is 1.69. The molecule has 1 N–H and O–H groups in total. The number of hydrogen-bond donors (Lipinski definition) is 1. The molecule has 2 fully saturated rings. The number of nitrogens with zero attached hydrogens (tertiary/aromatic N) is 3. The first-order chi connectivity index (χ1) is 12.6. The Balaban J connectivity index is 1.58. The molecule has 0 spiro atoms. The number of hydrogen-bond acceptors (Lipinski definition) is 7. The Morgan fingerprint density at radius 3 is 2.65 bits per heavy atom. The van der Waals surface area contributed by atoms with Crippen molar-refractivity contribution in [2.45, 2.75) is 23.7 Å². The van der Waals surface area contributed by atoms with Gasteiger partial charge in [0.2, 0.25) is 15.2 Å². The van der Waals surface area contributed by atoms with Crippen LogP contribution in [0.5, 0.6) is 0 Å². The molecule has 1 aliphatic carbocycles. The fraction of sp³-hybridized carbons (Fsp3) is 0.438. The molecule has 4 rings (SSSR count). The van der Waals surface area contributed by atoms with Crippen molar-refractivity contribution < 1.29 is 17.9 Å². The maximum absolute atomic E-state index is 12.9. The number of ether oxygens (including phenoxy) is 1. The van der Waals surface area contributed by atoms with E-state index in [0.717, 1.165) is 17.8 Å². The van der Waals surface area contributed by atoms with E-state index in [4.69, 9.17) is 4.74 Å². The van der Waals surface area contributed by atoms with Crippen LogP contribution >= 0.6 is 11.3 Å². The van der Waals surface area contributed by atoms with E-state index in [1.54, 1.807) is 12.1 Å². The van der Waals surface area contributed by atoms with Crippen molar-refractivity contribution in [3.8, 4) is 0 Å². The van der Waals surface area contributed by atoms with E-state index in [1.807, 2.05) is 0 Å². The van der Waals surface area contributed by atoms with Gasteiger partial charge < -0.3 is 4.74 Å². The van der Waals surface area contributed by atoms with Crippen LogP contribution in [0.25, 0.3) is 0 Å². The van der Waals surface area contributed by atoms with Gasteiger partial charge in [0.15, 0.2) is 0 Å². The zero-order valence-corrected chi connectivity index (χ0v) is 15.6. The number of benzene rings is 1. The van der Waals surface area contributed by atoms with E-state index in [9.17, 15) is 13.2 Å². The zero-order chi connectivity index (χ0) is 18.1. The van der Waals surface area contributed by atoms with E-state index in [0.29, 0.717) is 24.3 Å². The third-order valence-electron chi connectivity index (χ3n) is 4.31. The van der Waals surface area contributed by atoms with Crippen molar-refractivity contribution in [1.82, 2.24) is 14.5 Å². The van der Waals surface area contributed by atoms with Crippen molar-refractivity contribution in [1.29, 1.82) is 0 Å². The number of carbonyl (C=O) groups excluding carboxylic acids is 1. The highest BCUT2D eigenvalue weighted by Gasteiger charge is 2.31. The molecule has 0 bridgehead atoms. The van der Waals surface area contributed by atoms with E-state index in [1.165, 1.54) is 27.8 Å². The van der Waals surface area contributed by atoms with Crippen LogP contribution in [-0.4, -0.2) is 55.1 Å². The van der Waals surface area contributed by atoms with E-state index in [-0.39, 0.29) is 23.5 Å². The fourth-order valence-corrected chi connectivity index (χ4v) is 5.25. The Bertz CT molecular complexity index is 918. The highest BCUT2D eigenvalue weighted by Crippen LogP contribution is 2.42. The average Bonchev–Trinajstić information content (AvgIpc) is 3.42. The topological polar surface area (TPSA) is 101 Å². The monoisotopic (exact) mass is 394 g/mol. The molecule has 1 saturated carbocycles. The summed E-state index contributed by atoms with van der Waals surface area (Å²) in [4.78, 5) is 12.7. The van der Waals surface area contributed by atoms with Crippen LogP contribution in [0.2, 0.25) is 0 Å². The quantitative estimate of drug-likeness (QED) is 0.828. The lowest BCUT2D eigenvalue weighted by Gasteiger charge is -2.26. The first kappa shape index (κ1) is 17.5. The Morgan fingerprint density at radius 2 is 1.92 bits per heavy atom. The number of anilines is 1. The molecule has 8 nitrogen and oxygen atoms in total. The lowest BCUT2D eigenvalue weighted by molar-refractivity contribution is 0.0730. The summed E-state index contributed by atoms with van der Waals surface area (Å²) >= 11 is 1.34. The lowest BCUT2D eigenvalue weighted by atomic mass is 10.2. The number of morpholine rings is 1. The minimum Gasteiger partial charge on any atom is -0.379 e. The van der Waals surface area contributed by atoms with Crippen LogP contribution in [0, 0.1) is 0 Å². The minimum atomic E-state index is -3.77. The summed E-state index contributed by atoms with van der Waals surface area (Å²) in [6.07, 6.45) is 2.20. The van der Waals surface area contributed by atoms with Crippen LogP contribution in [-0.2, 0) is 14.8 Å². The summed E-state index contributed by atoms with van der Waals surface area (Å²) < 4.78 is 32.4. The molecule has 26 heavy (non-hydrogen) atoms. The Kier molecular flexibility index (Phi) is 4.74. The molecule has 0 unspecified atom stereocenters. The molecule has 1 saturated heterocycles. The van der Waals surface area contributed by atoms with E-state index < -0.39 is 15.9 Å². The molecular formula is C16H18N4O4S2. The largest absolute Gasteiger partial charge is 0.379 e. The summed E-state index contributed by atoms with van der Waals surface area (Å²) in [7, 11) is -3.77. The van der Waals surface area contributed by atoms with E-state index in [2.05, 4.69) is 15.5 Å². The average molecular weight is 394 g/mol. The molecule has 10 heteroatoms. The highest BCUT2D eigenvalue weighted by molar-refractivity contribution is 7.89. The molecule has 0 atom stereocenters. The number of nitrogens with one attached hydrogen (secondary N) is 1. The number of aromatic nitrogens is 2. The standard InChI is InChI=1S/C16H18N4O4S2/c21-14(17-16-19-18-15(25-16)11-5-6-11)12-3-1-2-4-13(12)26(22,23)20-7-9-24-10-8-20/h1-4,11H,5-10H2,(H,17,19,21). The zero-order valence-electron chi connectivity index (χ0n) is 13.9.